The van der Waals surface area contributed by atoms with Gasteiger partial charge in [-0.2, -0.15) is 13.2 Å². The van der Waals surface area contributed by atoms with Crippen LogP contribution in [0.4, 0.5) is 27.9 Å². The minimum absolute atomic E-state index is 0.0830. The van der Waals surface area contributed by atoms with Crippen molar-refractivity contribution in [3.05, 3.63) is 66.0 Å². The summed E-state index contributed by atoms with van der Waals surface area (Å²) < 4.78 is 98.7. The lowest BCUT2D eigenvalue weighted by Gasteiger charge is -2.33. The van der Waals surface area contributed by atoms with E-state index in [1.165, 1.54) is 37.8 Å². The molecule has 0 saturated carbocycles. The van der Waals surface area contributed by atoms with Crippen molar-refractivity contribution in [2.75, 3.05) is 24.2 Å². The summed E-state index contributed by atoms with van der Waals surface area (Å²) in [6.45, 7) is 4.03. The standard InChI is InChI=1S/C29H29F5N6O3S/c1-17-3-4-19-20(5-6-23(30)22(19)14-44(41,42)10-8-29(32,33)34)25(17)43-26-21(13-36-16-38-26)24-7-9-37-27(40-24)39-18-11-28(2,31)15-35-12-18/h3-7,9,13,16,18,35H,8,10-12,14-15H2,1-2H3,(H,37,39,40)/t18-,28-/m0/s1. The third-order valence-electron chi connectivity index (χ3n) is 7.16. The van der Waals surface area contributed by atoms with Crippen LogP contribution >= 0.6 is 0 Å². The van der Waals surface area contributed by atoms with E-state index in [1.807, 2.05) is 0 Å². The van der Waals surface area contributed by atoms with E-state index >= 15 is 0 Å². The number of hydrogen-bond donors (Lipinski definition) is 2. The van der Waals surface area contributed by atoms with E-state index in [0.29, 0.717) is 28.8 Å². The summed E-state index contributed by atoms with van der Waals surface area (Å²) in [6.07, 6.45) is -1.67. The van der Waals surface area contributed by atoms with Crippen molar-refractivity contribution in [2.45, 2.75) is 50.3 Å². The predicted octanol–water partition coefficient (Wildman–Crippen LogP) is 5.70. The molecule has 2 aromatic carbocycles. The number of ether oxygens (including phenoxy) is 1. The zero-order valence-corrected chi connectivity index (χ0v) is 24.6. The number of hydrogen-bond acceptors (Lipinski definition) is 9. The van der Waals surface area contributed by atoms with E-state index in [0.717, 1.165) is 6.07 Å². The summed E-state index contributed by atoms with van der Waals surface area (Å²) in [5.74, 6) is -2.37. The van der Waals surface area contributed by atoms with Crippen molar-refractivity contribution in [3.63, 3.8) is 0 Å². The van der Waals surface area contributed by atoms with E-state index < -0.39 is 45.4 Å². The van der Waals surface area contributed by atoms with Gasteiger partial charge in [-0.25, -0.2) is 37.1 Å². The van der Waals surface area contributed by atoms with Gasteiger partial charge in [-0.05, 0) is 43.0 Å². The predicted molar refractivity (Wildman–Crippen MR) is 154 cm³/mol. The van der Waals surface area contributed by atoms with Crippen molar-refractivity contribution >= 4 is 26.6 Å². The van der Waals surface area contributed by atoms with E-state index in [9.17, 15) is 30.4 Å². The Morgan fingerprint density at radius 3 is 2.66 bits per heavy atom. The molecule has 2 atom stereocenters. The van der Waals surface area contributed by atoms with Crippen LogP contribution in [0, 0.1) is 12.7 Å². The number of aryl methyl sites for hydroxylation is 1. The number of alkyl halides is 4. The molecule has 1 aliphatic heterocycles. The molecule has 0 radical (unpaired) electrons. The van der Waals surface area contributed by atoms with Gasteiger partial charge in [-0.1, -0.05) is 12.1 Å². The smallest absolute Gasteiger partial charge is 0.390 e. The van der Waals surface area contributed by atoms with Gasteiger partial charge in [0.05, 0.1) is 29.2 Å². The van der Waals surface area contributed by atoms with Crippen molar-refractivity contribution in [1.82, 2.24) is 25.3 Å². The summed E-state index contributed by atoms with van der Waals surface area (Å²) >= 11 is 0. The number of nitrogens with one attached hydrogen (secondary N) is 2. The first kappa shape index (κ1) is 31.4. The average Bonchev–Trinajstić information content (AvgIpc) is 2.94. The van der Waals surface area contributed by atoms with Crippen LogP contribution in [0.2, 0.25) is 0 Å². The molecule has 4 aromatic rings. The van der Waals surface area contributed by atoms with Crippen LogP contribution in [-0.2, 0) is 15.6 Å². The summed E-state index contributed by atoms with van der Waals surface area (Å²) in [5, 5.41) is 6.69. The molecule has 9 nitrogen and oxygen atoms in total. The van der Waals surface area contributed by atoms with Gasteiger partial charge in [0.2, 0.25) is 11.8 Å². The molecule has 0 aliphatic carbocycles. The summed E-state index contributed by atoms with van der Waals surface area (Å²) in [6, 6.07) is 6.92. The molecule has 5 rings (SSSR count). The third kappa shape index (κ3) is 7.56. The van der Waals surface area contributed by atoms with Crippen LogP contribution in [0.15, 0.2) is 49.1 Å². The molecule has 2 N–H and O–H groups in total. The minimum Gasteiger partial charge on any atom is -0.437 e. The maximum atomic E-state index is 14.9. The number of benzene rings is 2. The third-order valence-corrected chi connectivity index (χ3v) is 8.71. The van der Waals surface area contributed by atoms with Crippen molar-refractivity contribution in [1.29, 1.82) is 0 Å². The van der Waals surface area contributed by atoms with Crippen LogP contribution in [0.25, 0.3) is 22.0 Å². The Hall–Kier alpha value is -3.98. The Bertz CT molecular complexity index is 1790. The maximum absolute atomic E-state index is 14.9. The second kappa shape index (κ2) is 12.2. The zero-order chi connectivity index (χ0) is 31.7. The summed E-state index contributed by atoms with van der Waals surface area (Å²) in [7, 11) is -4.29. The first-order valence-electron chi connectivity index (χ1n) is 13.6. The van der Waals surface area contributed by atoms with Gasteiger partial charge in [0.1, 0.15) is 23.6 Å². The van der Waals surface area contributed by atoms with Gasteiger partial charge in [-0.15, -0.1) is 0 Å². The molecular weight excluding hydrogens is 607 g/mol. The summed E-state index contributed by atoms with van der Waals surface area (Å²) in [4.78, 5) is 17.1. The van der Waals surface area contributed by atoms with Gasteiger partial charge in [0, 0.05) is 48.9 Å². The molecular formula is C29H29F5N6O3S. The van der Waals surface area contributed by atoms with Gasteiger partial charge in [0.15, 0.2) is 9.84 Å². The lowest BCUT2D eigenvalue weighted by Crippen LogP contribution is -2.50. The number of halogens is 5. The van der Waals surface area contributed by atoms with Crippen LogP contribution in [-0.4, -0.2) is 65.1 Å². The molecule has 0 bridgehead atoms. The number of sulfone groups is 1. The number of piperidine rings is 1. The maximum Gasteiger partial charge on any atom is 0.390 e. The first-order chi connectivity index (χ1) is 20.7. The molecule has 3 heterocycles. The number of anilines is 1. The van der Waals surface area contributed by atoms with Crippen molar-refractivity contribution in [2.24, 2.45) is 0 Å². The molecule has 2 aromatic heterocycles. The fraction of sp³-hybridized carbons (Fsp3) is 0.379. The number of rotatable bonds is 9. The Morgan fingerprint density at radius 1 is 1.14 bits per heavy atom. The van der Waals surface area contributed by atoms with Gasteiger partial charge >= 0.3 is 6.18 Å². The number of aromatic nitrogens is 4. The molecule has 0 spiro atoms. The molecule has 15 heteroatoms. The molecule has 1 fully saturated rings. The van der Waals surface area contributed by atoms with Gasteiger partial charge in [0.25, 0.3) is 0 Å². The molecule has 1 saturated heterocycles. The topological polar surface area (TPSA) is 119 Å². The van der Waals surface area contributed by atoms with Crippen LogP contribution < -0.4 is 15.4 Å². The van der Waals surface area contributed by atoms with E-state index in [-0.39, 0.29) is 47.5 Å². The van der Waals surface area contributed by atoms with Crippen LogP contribution in [0.1, 0.15) is 30.9 Å². The number of fused-ring (bicyclic) bond motifs is 1. The van der Waals surface area contributed by atoms with Gasteiger partial charge in [-0.3, -0.25) is 0 Å². The fourth-order valence-electron chi connectivity index (χ4n) is 5.07. The molecule has 0 unspecified atom stereocenters. The Balaban J connectivity index is 1.46. The highest BCUT2D eigenvalue weighted by Gasteiger charge is 2.32. The van der Waals surface area contributed by atoms with Crippen molar-refractivity contribution in [3.8, 4) is 22.9 Å². The van der Waals surface area contributed by atoms with Crippen LogP contribution in [0.3, 0.4) is 0 Å². The molecule has 1 aliphatic rings. The van der Waals surface area contributed by atoms with E-state index in [2.05, 4.69) is 30.6 Å². The molecule has 234 valence electrons. The quantitative estimate of drug-likeness (QED) is 0.223. The average molecular weight is 637 g/mol. The fourth-order valence-corrected chi connectivity index (χ4v) is 6.49. The Morgan fingerprint density at radius 2 is 1.91 bits per heavy atom. The molecule has 44 heavy (non-hydrogen) atoms. The monoisotopic (exact) mass is 636 g/mol. The normalized spacial score (nSPS) is 19.2. The SMILES string of the molecule is Cc1ccc2c(CS(=O)(=O)CCC(F)(F)F)c(F)ccc2c1Oc1ncncc1-c1ccnc(N[C@@H]2CNC[C@@](C)(F)C2)n1. The Labute approximate surface area is 250 Å². The van der Waals surface area contributed by atoms with Gasteiger partial charge < -0.3 is 15.4 Å². The highest BCUT2D eigenvalue weighted by Crippen LogP contribution is 2.38. The Kier molecular flexibility index (Phi) is 8.71. The first-order valence-corrected chi connectivity index (χ1v) is 15.5. The minimum atomic E-state index is -4.67. The van der Waals surface area contributed by atoms with E-state index in [4.69, 9.17) is 4.74 Å². The lowest BCUT2D eigenvalue weighted by atomic mass is 9.95. The highest BCUT2D eigenvalue weighted by molar-refractivity contribution is 7.90. The zero-order valence-electron chi connectivity index (χ0n) is 23.8. The van der Waals surface area contributed by atoms with E-state index in [1.54, 1.807) is 19.1 Å². The largest absolute Gasteiger partial charge is 0.437 e. The van der Waals surface area contributed by atoms with Crippen molar-refractivity contribution < 1.29 is 35.1 Å². The molecule has 0 amide bonds. The summed E-state index contributed by atoms with van der Waals surface area (Å²) in [5.41, 5.74) is -0.267. The second-order valence-electron chi connectivity index (χ2n) is 11.0. The number of nitrogens with zero attached hydrogens (tertiary/aromatic N) is 4. The van der Waals surface area contributed by atoms with Crippen LogP contribution in [0.5, 0.6) is 11.6 Å². The highest BCUT2D eigenvalue weighted by atomic mass is 32.2. The lowest BCUT2D eigenvalue weighted by molar-refractivity contribution is -0.129. The second-order valence-corrected chi connectivity index (χ2v) is 13.2.